The van der Waals surface area contributed by atoms with Crippen LogP contribution >= 0.6 is 0 Å². The Kier molecular flexibility index (Phi) is 6.64. The summed E-state index contributed by atoms with van der Waals surface area (Å²) in [7, 11) is 0. The quantitative estimate of drug-likeness (QED) is 0.374. The van der Waals surface area contributed by atoms with Crippen LogP contribution in [0.15, 0.2) is 104 Å². The number of anilines is 2. The number of para-hydroxylation sites is 2. The predicted octanol–water partition coefficient (Wildman–Crippen LogP) is 5.73. The van der Waals surface area contributed by atoms with Gasteiger partial charge in [0.25, 0.3) is 0 Å². The lowest BCUT2D eigenvalue weighted by molar-refractivity contribution is -0.144. The highest BCUT2D eigenvalue weighted by Gasteiger charge is 2.35. The van der Waals surface area contributed by atoms with E-state index in [1.165, 1.54) is 0 Å². The SMILES string of the molecule is C=C[C@@H](c1ccccc1)C(C(=O)OCC)N(c1ccccc1)c1ccccc1. The number of esters is 1. The van der Waals surface area contributed by atoms with Gasteiger partial charge in [0.1, 0.15) is 6.04 Å². The highest BCUT2D eigenvalue weighted by molar-refractivity contribution is 5.85. The van der Waals surface area contributed by atoms with Gasteiger partial charge < -0.3 is 9.64 Å². The average molecular weight is 371 g/mol. The van der Waals surface area contributed by atoms with Crippen LogP contribution in [0.3, 0.4) is 0 Å². The molecule has 3 heteroatoms. The zero-order valence-corrected chi connectivity index (χ0v) is 16.1. The van der Waals surface area contributed by atoms with Gasteiger partial charge in [0.2, 0.25) is 0 Å². The molecule has 0 saturated carbocycles. The summed E-state index contributed by atoms with van der Waals surface area (Å²) in [5.74, 6) is -0.510. The molecule has 0 aromatic heterocycles. The molecule has 0 heterocycles. The zero-order chi connectivity index (χ0) is 19.8. The summed E-state index contributed by atoms with van der Waals surface area (Å²) in [6.07, 6.45) is 1.83. The summed E-state index contributed by atoms with van der Waals surface area (Å²) in [6, 6.07) is 29.2. The van der Waals surface area contributed by atoms with Crippen molar-refractivity contribution in [2.24, 2.45) is 0 Å². The maximum absolute atomic E-state index is 13.2. The van der Waals surface area contributed by atoms with Gasteiger partial charge in [-0.2, -0.15) is 0 Å². The van der Waals surface area contributed by atoms with Gasteiger partial charge in [-0.1, -0.05) is 72.8 Å². The Morgan fingerprint density at radius 1 is 0.893 bits per heavy atom. The second-order valence-electron chi connectivity index (χ2n) is 6.41. The average Bonchev–Trinajstić information content (AvgIpc) is 2.76. The van der Waals surface area contributed by atoms with Gasteiger partial charge in [0, 0.05) is 17.3 Å². The number of rotatable bonds is 8. The summed E-state index contributed by atoms with van der Waals surface area (Å²) < 4.78 is 5.50. The Morgan fingerprint density at radius 3 is 1.79 bits per heavy atom. The third-order valence-electron chi connectivity index (χ3n) is 4.65. The molecule has 0 spiro atoms. The maximum atomic E-state index is 13.2. The first-order valence-corrected chi connectivity index (χ1v) is 9.49. The molecule has 3 nitrogen and oxygen atoms in total. The van der Waals surface area contributed by atoms with E-state index in [4.69, 9.17) is 4.74 Å². The Balaban J connectivity index is 2.17. The number of hydrogen-bond donors (Lipinski definition) is 0. The molecule has 28 heavy (non-hydrogen) atoms. The third kappa shape index (κ3) is 4.32. The number of ether oxygens (including phenoxy) is 1. The molecule has 0 amide bonds. The fraction of sp³-hybridized carbons (Fsp3) is 0.160. The van der Waals surface area contributed by atoms with Crippen LogP contribution in [-0.4, -0.2) is 18.6 Å². The molecule has 0 aliphatic rings. The van der Waals surface area contributed by atoms with Crippen molar-refractivity contribution < 1.29 is 9.53 Å². The van der Waals surface area contributed by atoms with Crippen LogP contribution in [0.4, 0.5) is 11.4 Å². The molecular formula is C25H25NO2. The molecule has 1 unspecified atom stereocenters. The molecule has 3 rings (SSSR count). The molecule has 0 N–H and O–H groups in total. The van der Waals surface area contributed by atoms with Crippen LogP contribution in [0.1, 0.15) is 18.4 Å². The molecule has 0 fully saturated rings. The molecule has 0 bridgehead atoms. The summed E-state index contributed by atoms with van der Waals surface area (Å²) in [4.78, 5) is 15.2. The van der Waals surface area contributed by atoms with E-state index < -0.39 is 6.04 Å². The lowest BCUT2D eigenvalue weighted by Crippen LogP contribution is -2.43. The first-order valence-electron chi connectivity index (χ1n) is 9.49. The van der Waals surface area contributed by atoms with Crippen LogP contribution < -0.4 is 4.90 Å². The smallest absolute Gasteiger partial charge is 0.330 e. The number of benzene rings is 3. The Morgan fingerprint density at radius 2 is 1.36 bits per heavy atom. The van der Waals surface area contributed by atoms with Gasteiger partial charge in [-0.25, -0.2) is 4.79 Å². The molecule has 0 saturated heterocycles. The number of carbonyl (C=O) groups is 1. The van der Waals surface area contributed by atoms with E-state index in [9.17, 15) is 4.79 Å². The van der Waals surface area contributed by atoms with Crippen LogP contribution in [0.5, 0.6) is 0 Å². The highest BCUT2D eigenvalue weighted by Crippen LogP contribution is 2.35. The number of hydrogen-bond acceptors (Lipinski definition) is 3. The van der Waals surface area contributed by atoms with Gasteiger partial charge in [0.05, 0.1) is 6.61 Å². The topological polar surface area (TPSA) is 29.5 Å². The summed E-state index contributed by atoms with van der Waals surface area (Å²) in [5, 5.41) is 0. The summed E-state index contributed by atoms with van der Waals surface area (Å²) in [5.41, 5.74) is 2.87. The Bertz CT molecular complexity index is 839. The van der Waals surface area contributed by atoms with Crippen molar-refractivity contribution in [3.05, 3.63) is 109 Å². The van der Waals surface area contributed by atoms with Crippen molar-refractivity contribution in [1.82, 2.24) is 0 Å². The van der Waals surface area contributed by atoms with E-state index in [2.05, 4.69) is 6.58 Å². The van der Waals surface area contributed by atoms with Gasteiger partial charge in [-0.3, -0.25) is 0 Å². The van der Waals surface area contributed by atoms with E-state index in [1.54, 1.807) is 0 Å². The lowest BCUT2D eigenvalue weighted by Gasteiger charge is -2.36. The van der Waals surface area contributed by atoms with E-state index in [1.807, 2.05) is 109 Å². The monoisotopic (exact) mass is 371 g/mol. The van der Waals surface area contributed by atoms with Crippen molar-refractivity contribution in [3.8, 4) is 0 Å². The Hall–Kier alpha value is -3.33. The predicted molar refractivity (Wildman–Crippen MR) is 115 cm³/mol. The van der Waals surface area contributed by atoms with E-state index in [0.717, 1.165) is 16.9 Å². The fourth-order valence-electron chi connectivity index (χ4n) is 3.41. The summed E-state index contributed by atoms with van der Waals surface area (Å²) >= 11 is 0. The highest BCUT2D eigenvalue weighted by atomic mass is 16.5. The van der Waals surface area contributed by atoms with Crippen LogP contribution in [0.2, 0.25) is 0 Å². The van der Waals surface area contributed by atoms with Gasteiger partial charge in [-0.05, 0) is 36.8 Å². The minimum atomic E-state index is -0.579. The second-order valence-corrected chi connectivity index (χ2v) is 6.41. The van der Waals surface area contributed by atoms with Gasteiger partial charge in [-0.15, -0.1) is 6.58 Å². The molecule has 0 aliphatic heterocycles. The van der Waals surface area contributed by atoms with Crippen LogP contribution in [0.25, 0.3) is 0 Å². The van der Waals surface area contributed by atoms with Crippen molar-refractivity contribution in [2.45, 2.75) is 18.9 Å². The molecule has 3 aromatic carbocycles. The first-order chi connectivity index (χ1) is 13.8. The molecule has 142 valence electrons. The molecule has 0 radical (unpaired) electrons. The number of carbonyl (C=O) groups excluding carboxylic acids is 1. The van der Waals surface area contributed by atoms with Crippen molar-refractivity contribution in [1.29, 1.82) is 0 Å². The van der Waals surface area contributed by atoms with E-state index in [0.29, 0.717) is 6.61 Å². The number of nitrogens with zero attached hydrogens (tertiary/aromatic N) is 1. The summed E-state index contributed by atoms with van der Waals surface area (Å²) in [6.45, 7) is 6.19. The van der Waals surface area contributed by atoms with E-state index in [-0.39, 0.29) is 11.9 Å². The first kappa shape index (κ1) is 19.4. The van der Waals surface area contributed by atoms with Crippen LogP contribution in [-0.2, 0) is 9.53 Å². The lowest BCUT2D eigenvalue weighted by atomic mass is 9.89. The van der Waals surface area contributed by atoms with Crippen LogP contribution in [0, 0.1) is 0 Å². The maximum Gasteiger partial charge on any atom is 0.330 e. The van der Waals surface area contributed by atoms with E-state index >= 15 is 0 Å². The third-order valence-corrected chi connectivity index (χ3v) is 4.65. The van der Waals surface area contributed by atoms with Crippen molar-refractivity contribution in [2.75, 3.05) is 11.5 Å². The molecular weight excluding hydrogens is 346 g/mol. The molecule has 0 aliphatic carbocycles. The molecule has 2 atom stereocenters. The standard InChI is InChI=1S/C25H25NO2/c1-3-23(20-14-8-5-9-15-20)24(25(27)28-4-2)26(21-16-10-6-11-17-21)22-18-12-7-13-19-22/h3,5-19,23-24H,1,4H2,2H3/t23-,24?/m0/s1. The molecule has 3 aromatic rings. The largest absolute Gasteiger partial charge is 0.464 e. The normalized spacial score (nSPS) is 12.6. The van der Waals surface area contributed by atoms with Crippen molar-refractivity contribution in [3.63, 3.8) is 0 Å². The van der Waals surface area contributed by atoms with Gasteiger partial charge >= 0.3 is 5.97 Å². The zero-order valence-electron chi connectivity index (χ0n) is 16.1. The van der Waals surface area contributed by atoms with Crippen molar-refractivity contribution >= 4 is 17.3 Å². The Labute approximate surface area is 166 Å². The minimum absolute atomic E-state index is 0.235. The minimum Gasteiger partial charge on any atom is -0.464 e. The second kappa shape index (κ2) is 9.56. The fourth-order valence-corrected chi connectivity index (χ4v) is 3.41. The van der Waals surface area contributed by atoms with Gasteiger partial charge in [0.15, 0.2) is 0 Å².